The number of aliphatic hydroxyl groups excluding tert-OH is 2. The summed E-state index contributed by atoms with van der Waals surface area (Å²) in [6.07, 6.45) is -2.07. The molecule has 0 aliphatic rings. The number of aromatic hydroxyl groups is 1. The molecule has 0 heterocycles. The summed E-state index contributed by atoms with van der Waals surface area (Å²) in [6.45, 7) is 3.29. The maximum Gasteiger partial charge on any atom is 0.513 e. The van der Waals surface area contributed by atoms with E-state index in [0.717, 1.165) is 11.1 Å². The van der Waals surface area contributed by atoms with Crippen molar-refractivity contribution in [3.8, 4) is 11.5 Å². The fourth-order valence-corrected chi connectivity index (χ4v) is 2.33. The van der Waals surface area contributed by atoms with Crippen molar-refractivity contribution in [3.63, 3.8) is 0 Å². The quantitative estimate of drug-likeness (QED) is 0.550. The SMILES string of the molecule is CC(C)(c1ccc(O)cc1)c1ccc(OC(=O)OCC(O)CO)cc1. The van der Waals surface area contributed by atoms with Crippen molar-refractivity contribution in [2.24, 2.45) is 0 Å². The number of hydrogen-bond acceptors (Lipinski definition) is 6. The number of phenols is 1. The van der Waals surface area contributed by atoms with E-state index in [0.29, 0.717) is 5.75 Å². The van der Waals surface area contributed by atoms with Gasteiger partial charge in [-0.25, -0.2) is 4.79 Å². The van der Waals surface area contributed by atoms with E-state index in [4.69, 9.17) is 14.9 Å². The molecule has 1 atom stereocenters. The zero-order valence-corrected chi connectivity index (χ0v) is 14.2. The Balaban J connectivity index is 2.03. The van der Waals surface area contributed by atoms with Crippen molar-refractivity contribution in [2.75, 3.05) is 13.2 Å². The molecule has 0 amide bonds. The fraction of sp³-hybridized carbons (Fsp3) is 0.316. The Hall–Kier alpha value is -2.57. The van der Waals surface area contributed by atoms with Crippen molar-refractivity contribution in [1.29, 1.82) is 0 Å². The van der Waals surface area contributed by atoms with Crippen LogP contribution in [0.5, 0.6) is 11.5 Å². The van der Waals surface area contributed by atoms with Crippen molar-refractivity contribution >= 4 is 6.16 Å². The van der Waals surface area contributed by atoms with Gasteiger partial charge in [0.25, 0.3) is 0 Å². The number of rotatable bonds is 6. The summed E-state index contributed by atoms with van der Waals surface area (Å²) in [5, 5.41) is 27.2. The van der Waals surface area contributed by atoms with Gasteiger partial charge in [0.15, 0.2) is 0 Å². The number of carbonyl (C=O) groups is 1. The summed E-state index contributed by atoms with van der Waals surface area (Å²) in [6, 6.07) is 14.0. The van der Waals surface area contributed by atoms with Crippen LogP contribution in [0.4, 0.5) is 4.79 Å². The van der Waals surface area contributed by atoms with Crippen molar-refractivity contribution in [3.05, 3.63) is 59.7 Å². The second-order valence-corrected chi connectivity index (χ2v) is 6.20. The van der Waals surface area contributed by atoms with Gasteiger partial charge in [-0.15, -0.1) is 0 Å². The fourth-order valence-electron chi connectivity index (χ4n) is 2.33. The summed E-state index contributed by atoms with van der Waals surface area (Å²) in [7, 11) is 0. The van der Waals surface area contributed by atoms with Gasteiger partial charge >= 0.3 is 6.16 Å². The molecule has 1 unspecified atom stereocenters. The van der Waals surface area contributed by atoms with Crippen LogP contribution in [0.2, 0.25) is 0 Å². The van der Waals surface area contributed by atoms with E-state index in [2.05, 4.69) is 18.6 Å². The van der Waals surface area contributed by atoms with Crippen LogP contribution >= 0.6 is 0 Å². The van der Waals surface area contributed by atoms with Crippen LogP contribution < -0.4 is 4.74 Å². The molecule has 0 saturated carbocycles. The Morgan fingerprint density at radius 1 is 1.04 bits per heavy atom. The summed E-state index contributed by atoms with van der Waals surface area (Å²) < 4.78 is 9.69. The van der Waals surface area contributed by atoms with Crippen LogP contribution in [0.1, 0.15) is 25.0 Å². The summed E-state index contributed by atoms with van der Waals surface area (Å²) in [4.78, 5) is 11.5. The first-order valence-electron chi connectivity index (χ1n) is 7.86. The zero-order valence-electron chi connectivity index (χ0n) is 14.2. The largest absolute Gasteiger partial charge is 0.513 e. The molecule has 2 rings (SSSR count). The molecule has 134 valence electrons. The molecule has 0 aromatic heterocycles. The minimum atomic E-state index is -1.12. The zero-order chi connectivity index (χ0) is 18.4. The molecule has 0 saturated heterocycles. The highest BCUT2D eigenvalue weighted by Crippen LogP contribution is 2.33. The first kappa shape index (κ1) is 18.8. The molecule has 0 radical (unpaired) electrons. The van der Waals surface area contributed by atoms with E-state index in [1.54, 1.807) is 24.3 Å². The average Bonchev–Trinajstić information content (AvgIpc) is 2.60. The van der Waals surface area contributed by atoms with E-state index in [9.17, 15) is 9.90 Å². The van der Waals surface area contributed by atoms with Gasteiger partial charge < -0.3 is 24.8 Å². The van der Waals surface area contributed by atoms with Crippen LogP contribution in [0.25, 0.3) is 0 Å². The Morgan fingerprint density at radius 3 is 2.08 bits per heavy atom. The maximum atomic E-state index is 11.5. The monoisotopic (exact) mass is 346 g/mol. The Bertz CT molecular complexity index is 691. The molecule has 0 fully saturated rings. The van der Waals surface area contributed by atoms with Gasteiger partial charge in [-0.05, 0) is 35.4 Å². The Labute approximate surface area is 146 Å². The van der Waals surface area contributed by atoms with E-state index in [1.807, 2.05) is 24.3 Å². The van der Waals surface area contributed by atoms with Crippen LogP contribution in [0.15, 0.2) is 48.5 Å². The first-order valence-corrected chi connectivity index (χ1v) is 7.86. The smallest absolute Gasteiger partial charge is 0.508 e. The minimum absolute atomic E-state index is 0.216. The average molecular weight is 346 g/mol. The third-order valence-corrected chi connectivity index (χ3v) is 3.97. The van der Waals surface area contributed by atoms with E-state index in [1.165, 1.54) is 0 Å². The third-order valence-electron chi connectivity index (χ3n) is 3.97. The lowest BCUT2D eigenvalue weighted by atomic mass is 9.78. The van der Waals surface area contributed by atoms with Crippen LogP contribution in [-0.4, -0.2) is 40.8 Å². The number of hydrogen-bond donors (Lipinski definition) is 3. The van der Waals surface area contributed by atoms with Gasteiger partial charge in [0.2, 0.25) is 0 Å². The lowest BCUT2D eigenvalue weighted by Gasteiger charge is -2.26. The van der Waals surface area contributed by atoms with Gasteiger partial charge in [-0.1, -0.05) is 38.1 Å². The van der Waals surface area contributed by atoms with Gasteiger partial charge in [0, 0.05) is 5.41 Å². The van der Waals surface area contributed by atoms with Crippen LogP contribution in [0.3, 0.4) is 0 Å². The predicted molar refractivity (Wildman–Crippen MR) is 91.7 cm³/mol. The normalized spacial score (nSPS) is 12.5. The van der Waals surface area contributed by atoms with Gasteiger partial charge in [-0.2, -0.15) is 0 Å². The van der Waals surface area contributed by atoms with Crippen molar-refractivity contribution < 1.29 is 29.6 Å². The summed E-state index contributed by atoms with van der Waals surface area (Å²) in [5.41, 5.74) is 1.75. The number of phenolic OH excluding ortho intramolecular Hbond substituents is 1. The van der Waals surface area contributed by atoms with E-state index < -0.39 is 18.9 Å². The standard InChI is InChI=1S/C19H22O6/c1-19(2,13-3-7-15(21)8-4-13)14-5-9-17(10-6-14)25-18(23)24-12-16(22)11-20/h3-10,16,20-22H,11-12H2,1-2H3. The highest BCUT2D eigenvalue weighted by Gasteiger charge is 2.23. The van der Waals surface area contributed by atoms with Crippen LogP contribution in [0, 0.1) is 0 Å². The Kier molecular flexibility index (Phi) is 6.01. The lowest BCUT2D eigenvalue weighted by Crippen LogP contribution is -2.23. The number of carbonyl (C=O) groups excluding carboxylic acids is 1. The number of aliphatic hydroxyl groups is 2. The van der Waals surface area contributed by atoms with Crippen molar-refractivity contribution in [2.45, 2.75) is 25.4 Å². The molecule has 3 N–H and O–H groups in total. The van der Waals surface area contributed by atoms with E-state index in [-0.39, 0.29) is 17.8 Å². The van der Waals surface area contributed by atoms with Crippen LogP contribution in [-0.2, 0) is 10.2 Å². The van der Waals surface area contributed by atoms with Crippen molar-refractivity contribution in [1.82, 2.24) is 0 Å². The molecule has 6 nitrogen and oxygen atoms in total. The second-order valence-electron chi connectivity index (χ2n) is 6.20. The topological polar surface area (TPSA) is 96.2 Å². The predicted octanol–water partition coefficient (Wildman–Crippen LogP) is 2.59. The minimum Gasteiger partial charge on any atom is -0.508 e. The molecule has 2 aromatic rings. The molecule has 0 bridgehead atoms. The lowest BCUT2D eigenvalue weighted by molar-refractivity contribution is 0.0176. The molecular weight excluding hydrogens is 324 g/mol. The highest BCUT2D eigenvalue weighted by molar-refractivity contribution is 5.63. The summed E-state index contributed by atoms with van der Waals surface area (Å²) in [5.74, 6) is 0.530. The molecule has 0 aliphatic carbocycles. The van der Waals surface area contributed by atoms with Gasteiger partial charge in [0.05, 0.1) is 6.61 Å². The maximum absolute atomic E-state index is 11.5. The number of benzene rings is 2. The summed E-state index contributed by atoms with van der Waals surface area (Å²) >= 11 is 0. The van der Waals surface area contributed by atoms with Gasteiger partial charge in [0.1, 0.15) is 24.2 Å². The second kappa shape index (κ2) is 8.00. The third kappa shape index (κ3) is 4.95. The number of ether oxygens (including phenoxy) is 2. The molecule has 25 heavy (non-hydrogen) atoms. The van der Waals surface area contributed by atoms with Gasteiger partial charge in [-0.3, -0.25) is 0 Å². The highest BCUT2D eigenvalue weighted by atomic mass is 16.7. The first-order chi connectivity index (χ1) is 11.8. The molecule has 0 aliphatic heterocycles. The van der Waals surface area contributed by atoms with E-state index >= 15 is 0 Å². The molecule has 0 spiro atoms. The molecule has 6 heteroatoms. The Morgan fingerprint density at radius 2 is 1.56 bits per heavy atom. The molecular formula is C19H22O6. The molecule has 2 aromatic carbocycles.